The molecular weight excluding hydrogens is 749 g/mol. The van der Waals surface area contributed by atoms with Crippen molar-refractivity contribution < 1.29 is 35.9 Å². The first-order valence-corrected chi connectivity index (χ1v) is 21.2. The molecule has 0 spiro atoms. The van der Waals surface area contributed by atoms with E-state index in [-0.39, 0.29) is 47.9 Å². The highest BCUT2D eigenvalue weighted by molar-refractivity contribution is 7.89. The van der Waals surface area contributed by atoms with E-state index >= 15 is 0 Å². The Bertz CT molecular complexity index is 2100. The molecule has 10 nitrogen and oxygen atoms in total. The van der Waals surface area contributed by atoms with Gasteiger partial charge in [-0.2, -0.15) is 8.61 Å². The third kappa shape index (κ3) is 8.89. The van der Waals surface area contributed by atoms with Crippen LogP contribution in [0.1, 0.15) is 47.9 Å². The molecule has 2 atom stereocenters. The molecule has 2 fully saturated rings. The highest BCUT2D eigenvalue weighted by Gasteiger charge is 2.46. The second kappa shape index (κ2) is 17.5. The summed E-state index contributed by atoms with van der Waals surface area (Å²) in [6.07, 6.45) is 1.36. The molecule has 0 aromatic heterocycles. The molecule has 296 valence electrons. The fourth-order valence-corrected chi connectivity index (χ4v) is 10.5. The number of hydrogen-bond donors (Lipinski definition) is 0. The van der Waals surface area contributed by atoms with Crippen LogP contribution in [0, 0.1) is 13.8 Å². The zero-order chi connectivity index (χ0) is 40.7. The van der Waals surface area contributed by atoms with Gasteiger partial charge in [-0.1, -0.05) is 120 Å². The molecule has 0 radical (unpaired) electrons. The molecule has 2 saturated heterocycles. The summed E-state index contributed by atoms with van der Waals surface area (Å²) < 4.78 is 65.7. The molecule has 0 amide bonds. The monoisotopic (exact) mass is 798 g/mol. The highest BCUT2D eigenvalue weighted by atomic mass is 32.2. The Balaban J connectivity index is 0.000000214. The van der Waals surface area contributed by atoms with E-state index in [4.69, 9.17) is 9.47 Å². The van der Waals surface area contributed by atoms with Crippen LogP contribution in [0.2, 0.25) is 0 Å². The van der Waals surface area contributed by atoms with Crippen LogP contribution in [0.4, 0.5) is 0 Å². The number of carbonyl (C=O) groups excluding carboxylic acids is 2. The summed E-state index contributed by atoms with van der Waals surface area (Å²) in [5, 5.41) is 0. The summed E-state index contributed by atoms with van der Waals surface area (Å²) in [5.41, 5.74) is 3.11. The molecule has 56 heavy (non-hydrogen) atoms. The molecule has 0 aliphatic carbocycles. The zero-order valence-corrected chi connectivity index (χ0v) is 34.1. The first kappa shape index (κ1) is 42.3. The van der Waals surface area contributed by atoms with Crippen LogP contribution in [-0.4, -0.2) is 77.8 Å². The van der Waals surface area contributed by atoms with E-state index < -0.39 is 30.9 Å². The van der Waals surface area contributed by atoms with Crippen LogP contribution >= 0.6 is 0 Å². The van der Waals surface area contributed by atoms with Gasteiger partial charge in [0, 0.05) is 26.2 Å². The number of rotatable bonds is 8. The van der Waals surface area contributed by atoms with Gasteiger partial charge < -0.3 is 9.47 Å². The van der Waals surface area contributed by atoms with E-state index in [0.717, 1.165) is 22.3 Å². The maximum absolute atomic E-state index is 13.2. The van der Waals surface area contributed by atoms with Crippen molar-refractivity contribution in [1.29, 1.82) is 0 Å². The van der Waals surface area contributed by atoms with E-state index in [1.54, 1.807) is 48.5 Å². The Labute approximate surface area is 331 Å². The maximum atomic E-state index is 13.2. The molecule has 6 rings (SSSR count). The number of nitrogens with zero attached hydrogens (tertiary/aromatic N) is 2. The number of methoxy groups -OCH3 is 2. The van der Waals surface area contributed by atoms with Crippen LogP contribution in [-0.2, 0) is 49.9 Å². The van der Waals surface area contributed by atoms with E-state index in [2.05, 4.69) is 13.2 Å². The van der Waals surface area contributed by atoms with Crippen molar-refractivity contribution in [2.45, 2.75) is 60.2 Å². The average Bonchev–Trinajstić information content (AvgIpc) is 3.51. The molecule has 0 bridgehead atoms. The van der Waals surface area contributed by atoms with Crippen molar-refractivity contribution in [2.75, 3.05) is 40.4 Å². The van der Waals surface area contributed by atoms with Gasteiger partial charge in [0.2, 0.25) is 20.0 Å². The van der Waals surface area contributed by atoms with Crippen LogP contribution in [0.5, 0.6) is 0 Å². The van der Waals surface area contributed by atoms with Crippen molar-refractivity contribution >= 4 is 32.0 Å². The van der Waals surface area contributed by atoms with Gasteiger partial charge in [-0.25, -0.2) is 16.8 Å². The summed E-state index contributed by atoms with van der Waals surface area (Å²) in [6, 6.07) is 32.4. The van der Waals surface area contributed by atoms with Gasteiger partial charge in [-0.15, -0.1) is 0 Å². The Morgan fingerprint density at radius 2 is 0.875 bits per heavy atom. The molecular formula is C44H50N2O8S2. The normalized spacial score (nSPS) is 21.1. The Hall–Kier alpha value is -4.88. The SMILES string of the molecule is C=C1CN(S(=O)(=O)c2ccc(C)cc2)CC[C@@](C(=O)OC)(c2ccccc2)C1.C=C1CN(S(=O)(=O)c2ccc(C)cc2)CC[C@@](C(=O)OC)(c2ccccc2)C1. The van der Waals surface area contributed by atoms with Crippen molar-refractivity contribution in [3.8, 4) is 0 Å². The van der Waals surface area contributed by atoms with Gasteiger partial charge in [0.25, 0.3) is 0 Å². The summed E-state index contributed by atoms with van der Waals surface area (Å²) in [6.45, 7) is 12.7. The predicted octanol–water partition coefficient (Wildman–Crippen LogP) is 6.89. The molecule has 4 aromatic carbocycles. The smallest absolute Gasteiger partial charge is 0.316 e. The lowest BCUT2D eigenvalue weighted by atomic mass is 9.73. The lowest BCUT2D eigenvalue weighted by Gasteiger charge is -2.30. The minimum atomic E-state index is -3.68. The molecule has 2 aliphatic rings. The standard InChI is InChI=1S/2C22H25NO4S/c2*1-17-9-11-20(12-10-17)28(25,26)23-14-13-22(21(24)27-3,15-18(2)16-23)19-7-5-4-6-8-19/h2*4-12H,2,13-16H2,1,3H3/t2*22-/m00/s1. The summed E-state index contributed by atoms with van der Waals surface area (Å²) >= 11 is 0. The fraction of sp³-hybridized carbons (Fsp3) is 0.318. The summed E-state index contributed by atoms with van der Waals surface area (Å²) in [7, 11) is -4.63. The maximum Gasteiger partial charge on any atom is 0.316 e. The molecule has 2 heterocycles. The fourth-order valence-electron chi connectivity index (χ4n) is 7.54. The van der Waals surface area contributed by atoms with E-state index in [1.807, 2.05) is 74.5 Å². The van der Waals surface area contributed by atoms with Crippen molar-refractivity contribution in [3.05, 3.63) is 156 Å². The van der Waals surface area contributed by atoms with Gasteiger partial charge in [0.15, 0.2) is 0 Å². The minimum absolute atomic E-state index is 0.182. The van der Waals surface area contributed by atoms with Gasteiger partial charge in [-0.05, 0) is 74.9 Å². The Kier molecular flexibility index (Phi) is 13.2. The van der Waals surface area contributed by atoms with Gasteiger partial charge >= 0.3 is 11.9 Å². The Morgan fingerprint density at radius 3 is 1.18 bits per heavy atom. The molecule has 12 heteroatoms. The van der Waals surface area contributed by atoms with Crippen molar-refractivity contribution in [1.82, 2.24) is 8.61 Å². The van der Waals surface area contributed by atoms with Crippen LogP contribution in [0.25, 0.3) is 0 Å². The number of aryl methyl sites for hydroxylation is 2. The van der Waals surface area contributed by atoms with Gasteiger partial charge in [0.05, 0.1) is 34.8 Å². The first-order valence-electron chi connectivity index (χ1n) is 18.3. The molecule has 4 aromatic rings. The van der Waals surface area contributed by atoms with E-state index in [9.17, 15) is 26.4 Å². The molecule has 2 aliphatic heterocycles. The second-order valence-electron chi connectivity index (χ2n) is 14.5. The third-order valence-electron chi connectivity index (χ3n) is 10.6. The number of ether oxygens (including phenoxy) is 2. The zero-order valence-electron chi connectivity index (χ0n) is 32.4. The van der Waals surface area contributed by atoms with E-state index in [1.165, 1.54) is 22.8 Å². The number of carbonyl (C=O) groups is 2. The molecule has 0 saturated carbocycles. The lowest BCUT2D eigenvalue weighted by molar-refractivity contribution is -0.148. The largest absolute Gasteiger partial charge is 0.468 e. The first-order chi connectivity index (χ1) is 26.6. The molecule has 0 N–H and O–H groups in total. The Morgan fingerprint density at radius 1 is 0.554 bits per heavy atom. The highest BCUT2D eigenvalue weighted by Crippen LogP contribution is 2.41. The topological polar surface area (TPSA) is 127 Å². The summed E-state index contributed by atoms with van der Waals surface area (Å²) in [5.74, 6) is -0.733. The second-order valence-corrected chi connectivity index (χ2v) is 18.4. The number of esters is 2. The minimum Gasteiger partial charge on any atom is -0.468 e. The van der Waals surface area contributed by atoms with Crippen molar-refractivity contribution in [2.24, 2.45) is 0 Å². The number of benzene rings is 4. The lowest BCUT2D eigenvalue weighted by Crippen LogP contribution is -2.39. The number of hydrogen-bond acceptors (Lipinski definition) is 8. The van der Waals surface area contributed by atoms with Gasteiger partial charge in [0.1, 0.15) is 0 Å². The van der Waals surface area contributed by atoms with E-state index in [0.29, 0.717) is 36.8 Å². The summed E-state index contributed by atoms with van der Waals surface area (Å²) in [4.78, 5) is 26.1. The predicted molar refractivity (Wildman–Crippen MR) is 217 cm³/mol. The van der Waals surface area contributed by atoms with Crippen molar-refractivity contribution in [3.63, 3.8) is 0 Å². The van der Waals surface area contributed by atoms with Crippen LogP contribution in [0.15, 0.2) is 143 Å². The van der Waals surface area contributed by atoms with Gasteiger partial charge in [-0.3, -0.25) is 9.59 Å². The van der Waals surface area contributed by atoms with Crippen LogP contribution in [0.3, 0.4) is 0 Å². The third-order valence-corrected chi connectivity index (χ3v) is 14.3. The molecule has 0 unspecified atom stereocenters. The quantitative estimate of drug-likeness (QED) is 0.139. The van der Waals surface area contributed by atoms with Crippen LogP contribution < -0.4 is 0 Å². The average molecular weight is 799 g/mol. The number of sulfonamides is 2.